The minimum atomic E-state index is -3.97. The Kier molecular flexibility index (Phi) is 4.60. The summed E-state index contributed by atoms with van der Waals surface area (Å²) in [4.78, 5) is -0.0935. The highest BCUT2D eigenvalue weighted by Gasteiger charge is 2.22. The number of aliphatic hydroxyl groups excluding tert-OH is 1. The number of nitrogen functional groups attached to an aromatic ring is 1. The summed E-state index contributed by atoms with van der Waals surface area (Å²) in [6.07, 6.45) is -5.05. The molecule has 0 aliphatic rings. The van der Waals surface area contributed by atoms with Crippen LogP contribution in [0.1, 0.15) is 5.56 Å². The summed E-state index contributed by atoms with van der Waals surface area (Å²) in [5.74, 6) is 0. The molecule has 102 valence electrons. The van der Waals surface area contributed by atoms with Crippen LogP contribution >= 0.6 is 0 Å². The SMILES string of the molecule is Cc1ccc(N)cc1S(=O)(=O)NCC(O)C(F)F. The Balaban J connectivity index is 2.90. The molecule has 1 aromatic carbocycles. The average molecular weight is 280 g/mol. The molecule has 0 saturated heterocycles. The fraction of sp³-hybridized carbons (Fsp3) is 0.400. The van der Waals surface area contributed by atoms with E-state index in [2.05, 4.69) is 0 Å². The predicted octanol–water partition coefficient (Wildman–Crippen LogP) is 0.482. The second-order valence-corrected chi connectivity index (χ2v) is 5.51. The molecular weight excluding hydrogens is 266 g/mol. The first-order valence-electron chi connectivity index (χ1n) is 5.06. The summed E-state index contributed by atoms with van der Waals surface area (Å²) in [5, 5.41) is 8.86. The van der Waals surface area contributed by atoms with Crippen molar-refractivity contribution in [1.29, 1.82) is 0 Å². The first kappa shape index (κ1) is 14.8. The molecule has 4 N–H and O–H groups in total. The van der Waals surface area contributed by atoms with E-state index in [1.165, 1.54) is 18.2 Å². The average Bonchev–Trinajstić information content (AvgIpc) is 2.29. The van der Waals surface area contributed by atoms with E-state index in [1.807, 2.05) is 4.72 Å². The van der Waals surface area contributed by atoms with Crippen LogP contribution in [0.5, 0.6) is 0 Å². The minimum Gasteiger partial charge on any atom is -0.399 e. The van der Waals surface area contributed by atoms with E-state index in [0.717, 1.165) is 0 Å². The van der Waals surface area contributed by atoms with Gasteiger partial charge in [0.2, 0.25) is 10.0 Å². The number of rotatable bonds is 5. The second-order valence-electron chi connectivity index (χ2n) is 3.78. The van der Waals surface area contributed by atoms with Gasteiger partial charge in [-0.2, -0.15) is 0 Å². The van der Waals surface area contributed by atoms with Gasteiger partial charge in [-0.15, -0.1) is 0 Å². The maximum Gasteiger partial charge on any atom is 0.265 e. The Morgan fingerprint density at radius 1 is 1.44 bits per heavy atom. The summed E-state index contributed by atoms with van der Waals surface area (Å²) < 4.78 is 49.6. The van der Waals surface area contributed by atoms with Crippen molar-refractivity contribution >= 4 is 15.7 Å². The Hall–Kier alpha value is -1.25. The first-order valence-corrected chi connectivity index (χ1v) is 6.54. The molecule has 0 aliphatic carbocycles. The second kappa shape index (κ2) is 5.59. The number of nitrogens with one attached hydrogen (secondary N) is 1. The van der Waals surface area contributed by atoms with E-state index < -0.39 is 29.1 Å². The number of anilines is 1. The lowest BCUT2D eigenvalue weighted by atomic mass is 10.2. The summed E-state index contributed by atoms with van der Waals surface area (Å²) in [5.41, 5.74) is 6.15. The minimum absolute atomic E-state index is 0.0935. The Bertz CT molecular complexity index is 520. The van der Waals surface area contributed by atoms with Crippen molar-refractivity contribution in [3.63, 3.8) is 0 Å². The van der Waals surface area contributed by atoms with Crippen molar-refractivity contribution in [2.24, 2.45) is 0 Å². The van der Waals surface area contributed by atoms with E-state index in [4.69, 9.17) is 10.8 Å². The molecule has 0 aromatic heterocycles. The zero-order valence-electron chi connectivity index (χ0n) is 9.60. The number of sulfonamides is 1. The van der Waals surface area contributed by atoms with E-state index in [0.29, 0.717) is 5.56 Å². The van der Waals surface area contributed by atoms with Crippen molar-refractivity contribution in [1.82, 2.24) is 4.72 Å². The van der Waals surface area contributed by atoms with Crippen LogP contribution in [0.2, 0.25) is 0 Å². The molecule has 1 aromatic rings. The van der Waals surface area contributed by atoms with Crippen LogP contribution in [0.25, 0.3) is 0 Å². The smallest absolute Gasteiger partial charge is 0.265 e. The molecule has 0 amide bonds. The molecule has 1 rings (SSSR count). The Labute approximate surface area is 104 Å². The van der Waals surface area contributed by atoms with Gasteiger partial charge in [0, 0.05) is 12.2 Å². The quantitative estimate of drug-likeness (QED) is 0.684. The van der Waals surface area contributed by atoms with E-state index >= 15 is 0 Å². The summed E-state index contributed by atoms with van der Waals surface area (Å²) in [6, 6.07) is 4.27. The molecule has 0 fully saturated rings. The van der Waals surface area contributed by atoms with E-state index in [9.17, 15) is 17.2 Å². The van der Waals surface area contributed by atoms with Crippen LogP contribution in [-0.2, 0) is 10.0 Å². The highest BCUT2D eigenvalue weighted by Crippen LogP contribution is 2.18. The molecule has 5 nitrogen and oxygen atoms in total. The highest BCUT2D eigenvalue weighted by molar-refractivity contribution is 7.89. The van der Waals surface area contributed by atoms with Gasteiger partial charge in [-0.1, -0.05) is 6.07 Å². The molecular formula is C10H14F2N2O3S. The zero-order chi connectivity index (χ0) is 13.9. The number of nitrogens with two attached hydrogens (primary N) is 1. The largest absolute Gasteiger partial charge is 0.399 e. The fourth-order valence-electron chi connectivity index (χ4n) is 1.27. The molecule has 1 unspecified atom stereocenters. The molecule has 0 radical (unpaired) electrons. The third-order valence-electron chi connectivity index (χ3n) is 2.28. The van der Waals surface area contributed by atoms with Gasteiger partial charge in [-0.05, 0) is 24.6 Å². The highest BCUT2D eigenvalue weighted by atomic mass is 32.2. The molecule has 0 spiro atoms. The lowest BCUT2D eigenvalue weighted by molar-refractivity contribution is -0.000452. The van der Waals surface area contributed by atoms with Crippen molar-refractivity contribution in [3.05, 3.63) is 23.8 Å². The number of hydrogen-bond acceptors (Lipinski definition) is 4. The monoisotopic (exact) mass is 280 g/mol. The fourth-order valence-corrected chi connectivity index (χ4v) is 2.60. The Morgan fingerprint density at radius 3 is 2.61 bits per heavy atom. The van der Waals surface area contributed by atoms with E-state index in [1.54, 1.807) is 6.92 Å². The number of benzene rings is 1. The standard InChI is InChI=1S/C10H14F2N2O3S/c1-6-2-3-7(13)4-9(6)18(16,17)14-5-8(15)10(11)12/h2-4,8,10,14-15H,5,13H2,1H3. The van der Waals surface area contributed by atoms with Gasteiger partial charge >= 0.3 is 0 Å². The predicted molar refractivity (Wildman–Crippen MR) is 62.8 cm³/mol. The number of aliphatic hydroxyl groups is 1. The van der Waals surface area contributed by atoms with Crippen molar-refractivity contribution in [2.75, 3.05) is 12.3 Å². The Morgan fingerprint density at radius 2 is 2.06 bits per heavy atom. The first-order chi connectivity index (χ1) is 8.24. The van der Waals surface area contributed by atoms with Gasteiger partial charge in [0.25, 0.3) is 6.43 Å². The van der Waals surface area contributed by atoms with Crippen LogP contribution in [-0.4, -0.2) is 32.6 Å². The lowest BCUT2D eigenvalue weighted by Gasteiger charge is -2.13. The lowest BCUT2D eigenvalue weighted by Crippen LogP contribution is -2.36. The van der Waals surface area contributed by atoms with Crippen LogP contribution in [0, 0.1) is 6.92 Å². The molecule has 8 heteroatoms. The molecule has 0 saturated carbocycles. The number of aryl methyl sites for hydroxylation is 1. The van der Waals surface area contributed by atoms with Gasteiger partial charge in [0.05, 0.1) is 4.90 Å². The topological polar surface area (TPSA) is 92.4 Å². The maximum absolute atomic E-state index is 12.0. The third-order valence-corrected chi connectivity index (χ3v) is 3.84. The number of alkyl halides is 2. The van der Waals surface area contributed by atoms with E-state index in [-0.39, 0.29) is 10.6 Å². The van der Waals surface area contributed by atoms with Crippen molar-refractivity contribution < 1.29 is 22.3 Å². The maximum atomic E-state index is 12.0. The molecule has 1 atom stereocenters. The number of hydrogen-bond donors (Lipinski definition) is 3. The van der Waals surface area contributed by atoms with Crippen LogP contribution < -0.4 is 10.5 Å². The van der Waals surface area contributed by atoms with Gasteiger partial charge in [-0.3, -0.25) is 0 Å². The van der Waals surface area contributed by atoms with Crippen LogP contribution in [0.3, 0.4) is 0 Å². The van der Waals surface area contributed by atoms with Crippen molar-refractivity contribution in [2.45, 2.75) is 24.3 Å². The summed E-state index contributed by atoms with van der Waals surface area (Å²) in [6.45, 7) is 0.797. The summed E-state index contributed by atoms with van der Waals surface area (Å²) >= 11 is 0. The van der Waals surface area contributed by atoms with Gasteiger partial charge in [0.1, 0.15) is 6.10 Å². The molecule has 0 heterocycles. The van der Waals surface area contributed by atoms with Crippen LogP contribution in [0.15, 0.2) is 23.1 Å². The zero-order valence-corrected chi connectivity index (χ0v) is 10.4. The van der Waals surface area contributed by atoms with Crippen molar-refractivity contribution in [3.8, 4) is 0 Å². The molecule has 0 bridgehead atoms. The van der Waals surface area contributed by atoms with Gasteiger partial charge in [0.15, 0.2) is 0 Å². The van der Waals surface area contributed by atoms with Gasteiger partial charge < -0.3 is 10.8 Å². The molecule has 18 heavy (non-hydrogen) atoms. The van der Waals surface area contributed by atoms with Gasteiger partial charge in [-0.25, -0.2) is 21.9 Å². The summed E-state index contributed by atoms with van der Waals surface area (Å²) in [7, 11) is -3.97. The third kappa shape index (κ3) is 3.62. The normalized spacial score (nSPS) is 13.8. The molecule has 0 aliphatic heterocycles. The number of halogens is 2. The van der Waals surface area contributed by atoms with Crippen LogP contribution in [0.4, 0.5) is 14.5 Å².